The number of carbonyl (C=O) groups excluding carboxylic acids is 4. The van der Waals surface area contributed by atoms with Crippen molar-refractivity contribution in [2.45, 2.75) is 86.8 Å². The summed E-state index contributed by atoms with van der Waals surface area (Å²) in [5, 5.41) is 81.4. The fraction of sp³-hybridized carbons (Fsp3) is 0.647. The molecule has 22 nitrogen and oxygen atoms in total. The van der Waals surface area contributed by atoms with Gasteiger partial charge < -0.3 is 88.2 Å². The van der Waals surface area contributed by atoms with E-state index in [1.54, 1.807) is 0 Å². The van der Waals surface area contributed by atoms with Crippen LogP contribution in [0.5, 0.6) is 0 Å². The highest BCUT2D eigenvalue weighted by Crippen LogP contribution is 2.39. The van der Waals surface area contributed by atoms with Crippen LogP contribution in [0.25, 0.3) is 0 Å². The molecule has 0 aromatic carbocycles. The third-order valence-electron chi connectivity index (χ3n) is 9.66. The summed E-state index contributed by atoms with van der Waals surface area (Å²) in [5.74, 6) is -6.21. The normalized spacial score (nSPS) is 40.0. The molecular weight excluding hydrogens is 760 g/mol. The Hall–Kier alpha value is -4.04. The van der Waals surface area contributed by atoms with Crippen LogP contribution in [0, 0.1) is 11.8 Å². The number of carbonyl (C=O) groups is 4. The lowest BCUT2D eigenvalue weighted by Crippen LogP contribution is -2.60. The molecule has 312 valence electrons. The highest BCUT2D eigenvalue weighted by Gasteiger charge is 2.49. The maximum absolute atomic E-state index is 13.4. The largest absolute Gasteiger partial charge is 0.468 e. The third-order valence-corrected chi connectivity index (χ3v) is 9.66. The van der Waals surface area contributed by atoms with E-state index in [1.807, 2.05) is 0 Å². The van der Waals surface area contributed by atoms with Crippen molar-refractivity contribution < 1.29 is 107 Å². The van der Waals surface area contributed by atoms with Gasteiger partial charge in [-0.05, 0) is 12.2 Å². The number of methoxy groups -OCH3 is 2. The van der Waals surface area contributed by atoms with Crippen molar-refractivity contribution in [1.82, 2.24) is 0 Å². The predicted octanol–water partition coefficient (Wildman–Crippen LogP) is -4.59. The lowest BCUT2D eigenvalue weighted by atomic mass is 9.85. The third kappa shape index (κ3) is 9.22. The molecular formula is C34H44O22. The van der Waals surface area contributed by atoms with Gasteiger partial charge in [-0.3, -0.25) is 9.59 Å². The van der Waals surface area contributed by atoms with Crippen molar-refractivity contribution in [3.05, 3.63) is 47.0 Å². The maximum atomic E-state index is 13.4. The molecule has 0 spiro atoms. The minimum absolute atomic E-state index is 0.0305. The van der Waals surface area contributed by atoms with Gasteiger partial charge in [0, 0.05) is 23.0 Å². The SMILES string of the molecule is COC(=O)C1=CO[C@H](O[C@@H]2O[C@H](CO)[C@@H](O)[C@H](O)[C@H]2O)/C2=C/COC(=O)C[C@@H]3C(C(=O)OC)=CO[C@@H](O[C@@H]4O[C@H](CO)[C@@H](O)[C@H](O)[C@H]4O)/C3=C/COC(=O)C[C@H]12. The minimum Gasteiger partial charge on any atom is -0.468 e. The van der Waals surface area contributed by atoms with Crippen molar-refractivity contribution >= 4 is 23.9 Å². The van der Waals surface area contributed by atoms with E-state index < -0.39 is 149 Å². The Morgan fingerprint density at radius 3 is 1.34 bits per heavy atom. The number of ether oxygens (including phenoxy) is 10. The number of fused-ring (bicyclic) bond motifs is 2. The van der Waals surface area contributed by atoms with Crippen LogP contribution in [0.3, 0.4) is 0 Å². The lowest BCUT2D eigenvalue weighted by Gasteiger charge is -2.42. The van der Waals surface area contributed by atoms with E-state index in [9.17, 15) is 60.0 Å². The van der Waals surface area contributed by atoms with Crippen molar-refractivity contribution in [2.75, 3.05) is 40.6 Å². The van der Waals surface area contributed by atoms with Gasteiger partial charge in [0.1, 0.15) is 62.0 Å². The van der Waals surface area contributed by atoms with Crippen LogP contribution >= 0.6 is 0 Å². The second-order valence-corrected chi connectivity index (χ2v) is 13.0. The van der Waals surface area contributed by atoms with Gasteiger partial charge in [0.2, 0.25) is 12.6 Å². The molecule has 56 heavy (non-hydrogen) atoms. The van der Waals surface area contributed by atoms with E-state index in [0.29, 0.717) is 0 Å². The van der Waals surface area contributed by atoms with E-state index in [-0.39, 0.29) is 22.3 Å². The summed E-state index contributed by atoms with van der Waals surface area (Å²) in [4.78, 5) is 52.6. The summed E-state index contributed by atoms with van der Waals surface area (Å²) in [6.45, 7) is -2.69. The molecule has 2 saturated heterocycles. The van der Waals surface area contributed by atoms with Crippen molar-refractivity contribution in [2.24, 2.45) is 11.8 Å². The molecule has 0 aliphatic carbocycles. The Kier molecular flexibility index (Phi) is 14.6. The number of esters is 4. The predicted molar refractivity (Wildman–Crippen MR) is 174 cm³/mol. The van der Waals surface area contributed by atoms with Crippen LogP contribution in [0.4, 0.5) is 0 Å². The Bertz CT molecular complexity index is 1450. The van der Waals surface area contributed by atoms with Gasteiger partial charge >= 0.3 is 23.9 Å². The number of cyclic esters (lactones) is 2. The molecule has 2 fully saturated rings. The number of rotatable bonds is 8. The fourth-order valence-corrected chi connectivity index (χ4v) is 6.57. The standard InChI is InChI=1S/C34H44O22/c1-47-29(45)17-11-51-31(55-33-27(43)25(41)23(39)19(9-35)53-33)13-3-5-50-22(38)8-16-14(4-6-49-21(37)7-15(13)17)32(52-12-18(16)30(46)48-2)56-34-28(44)26(42)24(40)20(10-36)54-34/h3-4,11-12,15-16,19-20,23-28,31-36,39-44H,5-10H2,1-2H3/b13-3+,14-4+/t15-,16-,19+,20+,23+,24+,25-,26-,27+,28+,31-,32+,33-,34-/m0/s1. The van der Waals surface area contributed by atoms with Crippen molar-refractivity contribution in [3.8, 4) is 0 Å². The molecule has 5 aliphatic rings. The molecule has 5 rings (SSSR count). The molecule has 0 bridgehead atoms. The van der Waals surface area contributed by atoms with Crippen LogP contribution in [0.1, 0.15) is 12.8 Å². The van der Waals surface area contributed by atoms with E-state index in [0.717, 1.165) is 26.7 Å². The highest BCUT2D eigenvalue weighted by molar-refractivity contribution is 5.91. The van der Waals surface area contributed by atoms with Crippen LogP contribution in [-0.2, 0) is 66.5 Å². The highest BCUT2D eigenvalue weighted by atomic mass is 16.8. The van der Waals surface area contributed by atoms with Crippen LogP contribution in [-0.4, -0.2) is 179 Å². The molecule has 22 heteroatoms. The van der Waals surface area contributed by atoms with Crippen molar-refractivity contribution in [3.63, 3.8) is 0 Å². The van der Waals surface area contributed by atoms with Gasteiger partial charge in [-0.1, -0.05) is 0 Å². The smallest absolute Gasteiger partial charge is 0.337 e. The summed E-state index contributed by atoms with van der Waals surface area (Å²) >= 11 is 0. The summed E-state index contributed by atoms with van der Waals surface area (Å²) < 4.78 is 54.3. The Morgan fingerprint density at radius 2 is 1.00 bits per heavy atom. The van der Waals surface area contributed by atoms with Gasteiger partial charge in [-0.25, -0.2) is 9.59 Å². The van der Waals surface area contributed by atoms with Gasteiger partial charge in [0.05, 0.1) is 63.9 Å². The summed E-state index contributed by atoms with van der Waals surface area (Å²) in [7, 11) is 2.14. The first-order chi connectivity index (χ1) is 26.7. The number of aliphatic hydroxyl groups is 8. The second kappa shape index (κ2) is 18.9. The molecule has 0 radical (unpaired) electrons. The molecule has 0 amide bonds. The first-order valence-corrected chi connectivity index (χ1v) is 17.2. The number of hydrogen-bond acceptors (Lipinski definition) is 22. The van der Waals surface area contributed by atoms with Gasteiger partial charge in [-0.15, -0.1) is 0 Å². The maximum Gasteiger partial charge on any atom is 0.337 e. The lowest BCUT2D eigenvalue weighted by molar-refractivity contribution is -0.328. The van der Waals surface area contributed by atoms with E-state index in [2.05, 4.69) is 0 Å². The number of hydrogen-bond donors (Lipinski definition) is 8. The molecule has 14 atom stereocenters. The first kappa shape index (κ1) is 43.1. The van der Waals surface area contributed by atoms with Gasteiger partial charge in [-0.2, -0.15) is 0 Å². The first-order valence-electron chi connectivity index (χ1n) is 17.2. The van der Waals surface area contributed by atoms with E-state index in [1.165, 1.54) is 12.2 Å². The zero-order valence-electron chi connectivity index (χ0n) is 29.9. The quantitative estimate of drug-likeness (QED) is 0.0650. The van der Waals surface area contributed by atoms with Gasteiger partial charge in [0.15, 0.2) is 12.6 Å². The van der Waals surface area contributed by atoms with E-state index >= 15 is 0 Å². The number of aliphatic hydroxyl groups excluding tert-OH is 8. The average molecular weight is 805 g/mol. The zero-order chi connectivity index (χ0) is 40.8. The molecule has 8 N–H and O–H groups in total. The fourth-order valence-electron chi connectivity index (χ4n) is 6.57. The molecule has 0 unspecified atom stereocenters. The Labute approximate surface area is 317 Å². The average Bonchev–Trinajstić information content (AvgIpc) is 3.19. The van der Waals surface area contributed by atoms with Crippen LogP contribution in [0.15, 0.2) is 47.0 Å². The molecule has 5 heterocycles. The van der Waals surface area contributed by atoms with Gasteiger partial charge in [0.25, 0.3) is 0 Å². The van der Waals surface area contributed by atoms with Crippen molar-refractivity contribution in [1.29, 1.82) is 0 Å². The Balaban J connectivity index is 1.46. The summed E-state index contributed by atoms with van der Waals surface area (Å²) in [5.41, 5.74) is -0.473. The zero-order valence-corrected chi connectivity index (χ0v) is 29.9. The molecule has 5 aliphatic heterocycles. The second-order valence-electron chi connectivity index (χ2n) is 13.0. The Morgan fingerprint density at radius 1 is 0.625 bits per heavy atom. The van der Waals surface area contributed by atoms with E-state index in [4.69, 9.17) is 47.4 Å². The summed E-state index contributed by atoms with van der Waals surface area (Å²) in [6.07, 6.45) is -17.0. The topological polar surface area (TPSA) is 322 Å². The molecule has 0 saturated carbocycles. The van der Waals surface area contributed by atoms with Crippen LogP contribution < -0.4 is 0 Å². The monoisotopic (exact) mass is 804 g/mol. The molecule has 0 aromatic rings. The molecule has 0 aromatic heterocycles. The van der Waals surface area contributed by atoms with Crippen LogP contribution in [0.2, 0.25) is 0 Å². The summed E-state index contributed by atoms with van der Waals surface area (Å²) in [6, 6.07) is 0. The minimum atomic E-state index is -1.87.